The lowest BCUT2D eigenvalue weighted by molar-refractivity contribution is 0.0941. The maximum absolute atomic E-state index is 12.9. The number of rotatable bonds is 4. The van der Waals surface area contributed by atoms with Gasteiger partial charge < -0.3 is 11.1 Å². The van der Waals surface area contributed by atoms with Gasteiger partial charge in [0, 0.05) is 18.0 Å². The molecule has 1 aromatic carbocycles. The molecule has 0 bridgehead atoms. The summed E-state index contributed by atoms with van der Waals surface area (Å²) < 4.78 is 12.9. The molecule has 5 heteroatoms. The number of halogens is 1. The predicted octanol–water partition coefficient (Wildman–Crippen LogP) is 1.62. The highest BCUT2D eigenvalue weighted by Gasteiger charge is 2.10. The monoisotopic (exact) mass is 240 g/mol. The highest BCUT2D eigenvalue weighted by molar-refractivity contribution is 7.80. The Balaban J connectivity index is 2.62. The summed E-state index contributed by atoms with van der Waals surface area (Å²) in [6.45, 7) is 1.79. The second-order valence-corrected chi connectivity index (χ2v) is 4.08. The smallest absolute Gasteiger partial charge is 0.251 e. The Morgan fingerprint density at radius 1 is 1.62 bits per heavy atom. The van der Waals surface area contributed by atoms with Gasteiger partial charge in [-0.15, -0.1) is 0 Å². The van der Waals surface area contributed by atoms with Crippen LogP contribution in [0.3, 0.4) is 0 Å². The molecule has 1 aromatic rings. The molecule has 0 aromatic heterocycles. The maximum Gasteiger partial charge on any atom is 0.251 e. The van der Waals surface area contributed by atoms with Gasteiger partial charge in [-0.2, -0.15) is 0 Å². The number of nitrogens with one attached hydrogen (secondary N) is 1. The molecule has 1 amide bonds. The van der Waals surface area contributed by atoms with Crippen molar-refractivity contribution in [3.8, 4) is 0 Å². The third kappa shape index (κ3) is 3.94. The minimum atomic E-state index is -0.436. The normalized spacial score (nSPS) is 11.9. The van der Waals surface area contributed by atoms with E-state index in [9.17, 15) is 9.18 Å². The highest BCUT2D eigenvalue weighted by atomic mass is 32.1. The van der Waals surface area contributed by atoms with Gasteiger partial charge in [0.15, 0.2) is 0 Å². The van der Waals surface area contributed by atoms with E-state index in [4.69, 9.17) is 18.0 Å². The van der Waals surface area contributed by atoms with Gasteiger partial charge in [-0.3, -0.25) is 4.79 Å². The van der Waals surface area contributed by atoms with Gasteiger partial charge in [-0.05, 0) is 25.1 Å². The van der Waals surface area contributed by atoms with Gasteiger partial charge >= 0.3 is 0 Å². The summed E-state index contributed by atoms with van der Waals surface area (Å²) in [5.41, 5.74) is 5.64. The lowest BCUT2D eigenvalue weighted by Gasteiger charge is -2.12. The fourth-order valence-corrected chi connectivity index (χ4v) is 1.54. The molecule has 0 heterocycles. The lowest BCUT2D eigenvalue weighted by Crippen LogP contribution is -2.35. The summed E-state index contributed by atoms with van der Waals surface area (Å²) in [5, 5.41) is 2.68. The first kappa shape index (κ1) is 12.6. The van der Waals surface area contributed by atoms with E-state index in [1.807, 2.05) is 0 Å². The van der Waals surface area contributed by atoms with Crippen LogP contribution < -0.4 is 11.1 Å². The van der Waals surface area contributed by atoms with Crippen molar-refractivity contribution in [2.75, 3.05) is 0 Å². The third-order valence-corrected chi connectivity index (χ3v) is 2.14. The number of amides is 1. The van der Waals surface area contributed by atoms with Crippen molar-refractivity contribution in [3.05, 3.63) is 35.6 Å². The molecule has 1 unspecified atom stereocenters. The van der Waals surface area contributed by atoms with Crippen LogP contribution >= 0.6 is 12.2 Å². The van der Waals surface area contributed by atoms with Gasteiger partial charge in [0.25, 0.3) is 5.91 Å². The van der Waals surface area contributed by atoms with Crippen molar-refractivity contribution < 1.29 is 9.18 Å². The molecule has 1 atom stereocenters. The molecule has 16 heavy (non-hydrogen) atoms. The van der Waals surface area contributed by atoms with Gasteiger partial charge in [0.05, 0.1) is 4.99 Å². The summed E-state index contributed by atoms with van der Waals surface area (Å²) in [4.78, 5) is 12.0. The van der Waals surface area contributed by atoms with Gasteiger partial charge in [0.1, 0.15) is 5.82 Å². The number of carbonyl (C=O) groups is 1. The first-order chi connectivity index (χ1) is 7.49. The standard InChI is InChI=1S/C11H13FN2OS/c1-7(5-10(13)16)14-11(15)8-3-2-4-9(12)6-8/h2-4,6-7H,5H2,1H3,(H2,13,16)(H,14,15). The van der Waals surface area contributed by atoms with Crippen LogP contribution in [0.5, 0.6) is 0 Å². The molecule has 0 aliphatic carbocycles. The SMILES string of the molecule is CC(CC(N)=S)NC(=O)c1cccc(F)c1. The van der Waals surface area contributed by atoms with Crippen LogP contribution in [0.4, 0.5) is 4.39 Å². The molecule has 0 saturated heterocycles. The minimum Gasteiger partial charge on any atom is -0.393 e. The van der Waals surface area contributed by atoms with E-state index in [1.54, 1.807) is 13.0 Å². The summed E-state index contributed by atoms with van der Waals surface area (Å²) in [7, 11) is 0. The second-order valence-electron chi connectivity index (χ2n) is 3.56. The molecule has 0 aliphatic heterocycles. The Morgan fingerprint density at radius 3 is 2.88 bits per heavy atom. The van der Waals surface area contributed by atoms with Crippen LogP contribution in [-0.2, 0) is 0 Å². The van der Waals surface area contributed by atoms with Gasteiger partial charge in [0.2, 0.25) is 0 Å². The van der Waals surface area contributed by atoms with Crippen molar-refractivity contribution in [1.29, 1.82) is 0 Å². The third-order valence-electron chi connectivity index (χ3n) is 1.97. The molecule has 0 radical (unpaired) electrons. The summed E-state index contributed by atoms with van der Waals surface area (Å²) >= 11 is 4.73. The number of thiocarbonyl (C=S) groups is 1. The zero-order valence-corrected chi connectivity index (χ0v) is 9.68. The van der Waals surface area contributed by atoms with Crippen LogP contribution in [0.15, 0.2) is 24.3 Å². The van der Waals surface area contributed by atoms with E-state index in [-0.39, 0.29) is 17.5 Å². The molecular formula is C11H13FN2OS. The van der Waals surface area contributed by atoms with Crippen molar-refractivity contribution in [1.82, 2.24) is 5.32 Å². The van der Waals surface area contributed by atoms with Crippen molar-refractivity contribution in [2.24, 2.45) is 5.73 Å². The van der Waals surface area contributed by atoms with Crippen LogP contribution in [0.25, 0.3) is 0 Å². The lowest BCUT2D eigenvalue weighted by atomic mass is 10.1. The molecule has 0 fully saturated rings. The topological polar surface area (TPSA) is 55.1 Å². The molecule has 3 N–H and O–H groups in total. The summed E-state index contributed by atoms with van der Waals surface area (Å²) in [6.07, 6.45) is 0.427. The summed E-state index contributed by atoms with van der Waals surface area (Å²) in [6, 6.07) is 5.35. The van der Waals surface area contributed by atoms with E-state index in [2.05, 4.69) is 5.32 Å². The van der Waals surface area contributed by atoms with E-state index >= 15 is 0 Å². The molecule has 0 spiro atoms. The Labute approximate surface area is 98.8 Å². The Kier molecular flexibility index (Phi) is 4.37. The molecule has 3 nitrogen and oxygen atoms in total. The number of hydrogen-bond donors (Lipinski definition) is 2. The summed E-state index contributed by atoms with van der Waals surface area (Å²) in [5.74, 6) is -0.766. The first-order valence-corrected chi connectivity index (χ1v) is 5.24. The van der Waals surface area contributed by atoms with E-state index in [0.717, 1.165) is 0 Å². The van der Waals surface area contributed by atoms with Gasteiger partial charge in [-0.25, -0.2) is 4.39 Å². The highest BCUT2D eigenvalue weighted by Crippen LogP contribution is 2.04. The second kappa shape index (κ2) is 5.55. The number of benzene rings is 1. The van der Waals surface area contributed by atoms with Crippen LogP contribution in [-0.4, -0.2) is 16.9 Å². The van der Waals surface area contributed by atoms with E-state index in [1.165, 1.54) is 18.2 Å². The van der Waals surface area contributed by atoms with Crippen molar-refractivity contribution >= 4 is 23.1 Å². The minimum absolute atomic E-state index is 0.159. The van der Waals surface area contributed by atoms with E-state index in [0.29, 0.717) is 11.4 Å². The number of carbonyl (C=O) groups excluding carboxylic acids is 1. The fraction of sp³-hybridized carbons (Fsp3) is 0.273. The van der Waals surface area contributed by atoms with Crippen LogP contribution in [0.2, 0.25) is 0 Å². The molecule has 1 rings (SSSR count). The Hall–Kier alpha value is -1.49. The molecule has 86 valence electrons. The van der Waals surface area contributed by atoms with Crippen molar-refractivity contribution in [2.45, 2.75) is 19.4 Å². The van der Waals surface area contributed by atoms with Crippen LogP contribution in [0, 0.1) is 5.82 Å². The number of nitrogens with two attached hydrogens (primary N) is 1. The Bertz CT molecular complexity index is 409. The Morgan fingerprint density at radius 2 is 2.31 bits per heavy atom. The average molecular weight is 240 g/mol. The fourth-order valence-electron chi connectivity index (χ4n) is 1.29. The quantitative estimate of drug-likeness (QED) is 0.786. The largest absolute Gasteiger partial charge is 0.393 e. The molecular weight excluding hydrogens is 227 g/mol. The predicted molar refractivity (Wildman–Crippen MR) is 64.7 cm³/mol. The molecule has 0 aliphatic rings. The first-order valence-electron chi connectivity index (χ1n) is 4.84. The number of hydrogen-bond acceptors (Lipinski definition) is 2. The zero-order chi connectivity index (χ0) is 12.1. The van der Waals surface area contributed by atoms with Crippen LogP contribution in [0.1, 0.15) is 23.7 Å². The van der Waals surface area contributed by atoms with Gasteiger partial charge in [-0.1, -0.05) is 18.3 Å². The maximum atomic E-state index is 12.9. The van der Waals surface area contributed by atoms with E-state index < -0.39 is 5.82 Å². The molecule has 0 saturated carbocycles. The average Bonchev–Trinajstić information content (AvgIpc) is 2.16. The zero-order valence-electron chi connectivity index (χ0n) is 8.87. The van der Waals surface area contributed by atoms with Crippen molar-refractivity contribution in [3.63, 3.8) is 0 Å².